The van der Waals surface area contributed by atoms with Gasteiger partial charge in [0.1, 0.15) is 5.82 Å². The van der Waals surface area contributed by atoms with Gasteiger partial charge in [0.15, 0.2) is 11.6 Å². The monoisotopic (exact) mass is 369 g/mol. The number of carbonyl (C=O) groups is 1. The zero-order chi connectivity index (χ0) is 19.2. The second-order valence-electron chi connectivity index (χ2n) is 6.69. The molecule has 2 heterocycles. The minimum Gasteiger partial charge on any atom is -0.339 e. The predicted octanol–water partition coefficient (Wildman–Crippen LogP) is 2.39. The van der Waals surface area contributed by atoms with Gasteiger partial charge in [-0.1, -0.05) is 49.3 Å². The molecule has 0 aliphatic heterocycles. The molecule has 9 nitrogen and oxygen atoms in total. The summed E-state index contributed by atoms with van der Waals surface area (Å²) < 4.78 is 5.19. The van der Waals surface area contributed by atoms with Crippen LogP contribution in [-0.4, -0.2) is 43.3 Å². The second-order valence-corrected chi connectivity index (χ2v) is 6.69. The normalized spacial score (nSPS) is 11.0. The van der Waals surface area contributed by atoms with Crippen molar-refractivity contribution in [3.05, 3.63) is 47.9 Å². The summed E-state index contributed by atoms with van der Waals surface area (Å²) >= 11 is 0. The maximum atomic E-state index is 12.2. The van der Waals surface area contributed by atoms with Crippen molar-refractivity contribution in [3.63, 3.8) is 0 Å². The lowest BCUT2D eigenvalue weighted by atomic mass is 10.1. The van der Waals surface area contributed by atoms with Crippen LogP contribution >= 0.6 is 0 Å². The lowest BCUT2D eigenvalue weighted by Crippen LogP contribution is -2.36. The maximum Gasteiger partial charge on any atom is 0.317 e. The number of rotatable bonds is 7. The smallest absolute Gasteiger partial charge is 0.317 e. The van der Waals surface area contributed by atoms with E-state index >= 15 is 0 Å². The zero-order valence-electron chi connectivity index (χ0n) is 15.6. The molecule has 0 radical (unpaired) electrons. The van der Waals surface area contributed by atoms with Gasteiger partial charge in [-0.05, 0) is 5.92 Å². The van der Waals surface area contributed by atoms with Crippen LogP contribution in [0.5, 0.6) is 0 Å². The van der Waals surface area contributed by atoms with Crippen molar-refractivity contribution >= 4 is 6.03 Å². The van der Waals surface area contributed by atoms with Gasteiger partial charge in [0.25, 0.3) is 0 Å². The summed E-state index contributed by atoms with van der Waals surface area (Å²) in [7, 11) is 1.67. The average molecular weight is 369 g/mol. The molecule has 0 bridgehead atoms. The third-order valence-corrected chi connectivity index (χ3v) is 3.79. The maximum absolute atomic E-state index is 12.2. The third kappa shape index (κ3) is 5.13. The van der Waals surface area contributed by atoms with Crippen molar-refractivity contribution in [1.29, 1.82) is 0 Å². The van der Waals surface area contributed by atoms with E-state index in [0.29, 0.717) is 29.3 Å². The highest BCUT2D eigenvalue weighted by Gasteiger charge is 2.15. The highest BCUT2D eigenvalue weighted by Crippen LogP contribution is 2.13. The molecule has 2 aromatic heterocycles. The van der Waals surface area contributed by atoms with Crippen LogP contribution in [0.25, 0.3) is 11.4 Å². The molecular weight excluding hydrogens is 346 g/mol. The highest BCUT2D eigenvalue weighted by molar-refractivity contribution is 5.73. The molecule has 0 fully saturated rings. The number of benzene rings is 1. The molecule has 3 rings (SSSR count). The van der Waals surface area contributed by atoms with Crippen LogP contribution in [0.2, 0.25) is 0 Å². The van der Waals surface area contributed by atoms with Gasteiger partial charge in [0.05, 0.1) is 13.1 Å². The Bertz CT molecular complexity index is 873. The van der Waals surface area contributed by atoms with Crippen LogP contribution in [-0.2, 0) is 19.5 Å². The largest absolute Gasteiger partial charge is 0.339 e. The Labute approximate surface area is 157 Å². The second kappa shape index (κ2) is 8.43. The minimum atomic E-state index is -0.261. The Morgan fingerprint density at radius 3 is 2.78 bits per heavy atom. The zero-order valence-corrected chi connectivity index (χ0v) is 15.6. The van der Waals surface area contributed by atoms with E-state index in [9.17, 15) is 4.79 Å². The number of nitrogens with one attached hydrogen (secondary N) is 2. The molecule has 2 amide bonds. The molecule has 0 aliphatic carbocycles. The Kier molecular flexibility index (Phi) is 5.80. The quantitative estimate of drug-likeness (QED) is 0.661. The molecule has 0 spiro atoms. The summed E-state index contributed by atoms with van der Waals surface area (Å²) in [6.45, 7) is 4.67. The number of nitrogens with zero attached hydrogens (tertiary/aromatic N) is 5. The van der Waals surface area contributed by atoms with Gasteiger partial charge in [-0.3, -0.25) is 5.10 Å². The first kappa shape index (κ1) is 18.6. The predicted molar refractivity (Wildman–Crippen MR) is 98.4 cm³/mol. The first-order chi connectivity index (χ1) is 13.0. The Balaban J connectivity index is 1.50. The Morgan fingerprint density at radius 2 is 2.04 bits per heavy atom. The fourth-order valence-electron chi connectivity index (χ4n) is 2.46. The molecule has 0 aliphatic rings. The van der Waals surface area contributed by atoms with Crippen molar-refractivity contribution in [2.75, 3.05) is 7.05 Å². The number of hydrogen-bond donors (Lipinski definition) is 2. The highest BCUT2D eigenvalue weighted by atomic mass is 16.5. The van der Waals surface area contributed by atoms with Crippen LogP contribution in [0.1, 0.15) is 31.4 Å². The first-order valence-electron chi connectivity index (χ1n) is 8.78. The van der Waals surface area contributed by atoms with Crippen LogP contribution in [0.15, 0.2) is 34.9 Å². The molecule has 0 saturated heterocycles. The molecule has 2 N–H and O–H groups in total. The number of aromatic amines is 1. The Hall–Kier alpha value is -3.23. The van der Waals surface area contributed by atoms with Gasteiger partial charge in [0, 0.05) is 19.0 Å². The SMILES string of the molecule is CC(C)Cc1nc(CN(C)C(=O)NCc2nc(-c3ccccc3)n[nH]2)no1. The molecule has 0 unspecified atom stereocenters. The van der Waals surface area contributed by atoms with Gasteiger partial charge in [-0.25, -0.2) is 9.78 Å². The van der Waals surface area contributed by atoms with Crippen molar-refractivity contribution in [2.24, 2.45) is 5.92 Å². The minimum absolute atomic E-state index is 0.244. The van der Waals surface area contributed by atoms with Gasteiger partial charge in [0.2, 0.25) is 5.89 Å². The molecule has 142 valence electrons. The molecule has 0 atom stereocenters. The first-order valence-corrected chi connectivity index (χ1v) is 8.78. The summed E-state index contributed by atoms with van der Waals surface area (Å²) in [6, 6.07) is 9.38. The van der Waals surface area contributed by atoms with Crippen molar-refractivity contribution in [2.45, 2.75) is 33.4 Å². The van der Waals surface area contributed by atoms with Gasteiger partial charge in [-0.15, -0.1) is 0 Å². The van der Waals surface area contributed by atoms with Crippen LogP contribution in [0, 0.1) is 5.92 Å². The van der Waals surface area contributed by atoms with Crippen LogP contribution in [0.3, 0.4) is 0 Å². The van der Waals surface area contributed by atoms with E-state index in [1.54, 1.807) is 7.05 Å². The fourth-order valence-corrected chi connectivity index (χ4v) is 2.46. The number of H-pyrrole nitrogens is 1. The summed E-state index contributed by atoms with van der Waals surface area (Å²) in [5.41, 5.74) is 0.915. The van der Waals surface area contributed by atoms with E-state index in [1.165, 1.54) is 4.90 Å². The number of aromatic nitrogens is 5. The standard InChI is InChI=1S/C18H23N7O2/c1-12(2)9-16-20-15(24-27-16)11-25(3)18(26)19-10-14-21-17(23-22-14)13-7-5-4-6-8-13/h4-8,12H,9-11H2,1-3H3,(H,19,26)(H,21,22,23). The molecular formula is C18H23N7O2. The summed E-state index contributed by atoms with van der Waals surface area (Å²) in [4.78, 5) is 22.4. The summed E-state index contributed by atoms with van der Waals surface area (Å²) in [5, 5.41) is 13.7. The lowest BCUT2D eigenvalue weighted by Gasteiger charge is -2.15. The molecule has 0 saturated carbocycles. The molecule has 27 heavy (non-hydrogen) atoms. The lowest BCUT2D eigenvalue weighted by molar-refractivity contribution is 0.204. The van der Waals surface area contributed by atoms with E-state index in [1.807, 2.05) is 30.3 Å². The summed E-state index contributed by atoms with van der Waals surface area (Å²) in [6.07, 6.45) is 0.720. The van der Waals surface area contributed by atoms with Crippen molar-refractivity contribution < 1.29 is 9.32 Å². The fraction of sp³-hybridized carbons (Fsp3) is 0.389. The topological polar surface area (TPSA) is 113 Å². The molecule has 9 heteroatoms. The average Bonchev–Trinajstić information content (AvgIpc) is 3.29. The van der Waals surface area contributed by atoms with E-state index in [0.717, 1.165) is 12.0 Å². The molecule has 1 aromatic carbocycles. The van der Waals surface area contributed by atoms with E-state index in [2.05, 4.69) is 44.5 Å². The Morgan fingerprint density at radius 1 is 1.26 bits per heavy atom. The van der Waals surface area contributed by atoms with Gasteiger partial charge >= 0.3 is 6.03 Å². The van der Waals surface area contributed by atoms with Gasteiger partial charge in [-0.2, -0.15) is 10.1 Å². The summed E-state index contributed by atoms with van der Waals surface area (Å²) in [5.74, 6) is 2.67. The van der Waals surface area contributed by atoms with Crippen molar-refractivity contribution in [3.8, 4) is 11.4 Å². The number of hydrogen-bond acceptors (Lipinski definition) is 6. The third-order valence-electron chi connectivity index (χ3n) is 3.79. The van der Waals surface area contributed by atoms with E-state index in [-0.39, 0.29) is 19.1 Å². The number of urea groups is 1. The molecule has 3 aromatic rings. The van der Waals surface area contributed by atoms with Crippen LogP contribution < -0.4 is 5.32 Å². The number of amides is 2. The van der Waals surface area contributed by atoms with Crippen LogP contribution in [0.4, 0.5) is 4.79 Å². The van der Waals surface area contributed by atoms with Gasteiger partial charge < -0.3 is 14.7 Å². The van der Waals surface area contributed by atoms with E-state index < -0.39 is 0 Å². The number of carbonyl (C=O) groups excluding carboxylic acids is 1. The van der Waals surface area contributed by atoms with E-state index in [4.69, 9.17) is 4.52 Å². The van der Waals surface area contributed by atoms with Crippen molar-refractivity contribution in [1.82, 2.24) is 35.5 Å².